The predicted octanol–water partition coefficient (Wildman–Crippen LogP) is 2.15. The van der Waals surface area contributed by atoms with Gasteiger partial charge in [0.2, 0.25) is 0 Å². The SMILES string of the molecule is Cc1nc(CCNCC(N)Cc2ccccc2)cs1. The molecule has 1 aromatic carbocycles. The fourth-order valence-electron chi connectivity index (χ4n) is 2.02. The fraction of sp³-hybridized carbons (Fsp3) is 0.400. The number of nitrogens with one attached hydrogen (secondary N) is 1. The molecule has 0 saturated carbocycles. The van der Waals surface area contributed by atoms with E-state index in [1.165, 1.54) is 11.3 Å². The minimum Gasteiger partial charge on any atom is -0.326 e. The Morgan fingerprint density at radius 3 is 2.79 bits per heavy atom. The third-order valence-electron chi connectivity index (χ3n) is 2.97. The monoisotopic (exact) mass is 275 g/mol. The van der Waals surface area contributed by atoms with Crippen molar-refractivity contribution >= 4 is 11.3 Å². The van der Waals surface area contributed by atoms with Gasteiger partial charge in [-0.2, -0.15) is 0 Å². The Balaban J connectivity index is 1.63. The van der Waals surface area contributed by atoms with Gasteiger partial charge in [-0.25, -0.2) is 4.98 Å². The predicted molar refractivity (Wildman–Crippen MR) is 81.5 cm³/mol. The lowest BCUT2D eigenvalue weighted by Gasteiger charge is -2.12. The average Bonchev–Trinajstić information content (AvgIpc) is 2.82. The smallest absolute Gasteiger partial charge is 0.0897 e. The van der Waals surface area contributed by atoms with Crippen molar-refractivity contribution in [2.45, 2.75) is 25.8 Å². The van der Waals surface area contributed by atoms with E-state index in [-0.39, 0.29) is 6.04 Å². The van der Waals surface area contributed by atoms with Crippen LogP contribution in [0.15, 0.2) is 35.7 Å². The third-order valence-corrected chi connectivity index (χ3v) is 3.79. The Kier molecular flexibility index (Phi) is 5.51. The lowest BCUT2D eigenvalue weighted by molar-refractivity contribution is 0.573. The summed E-state index contributed by atoms with van der Waals surface area (Å²) in [6.07, 6.45) is 1.89. The molecule has 0 spiro atoms. The van der Waals surface area contributed by atoms with Gasteiger partial charge >= 0.3 is 0 Å². The maximum absolute atomic E-state index is 6.11. The first-order valence-electron chi connectivity index (χ1n) is 6.65. The van der Waals surface area contributed by atoms with E-state index in [0.29, 0.717) is 0 Å². The number of aromatic nitrogens is 1. The number of nitrogens with two attached hydrogens (primary N) is 1. The molecule has 2 aromatic rings. The van der Waals surface area contributed by atoms with Gasteiger partial charge in [0.25, 0.3) is 0 Å². The van der Waals surface area contributed by atoms with E-state index in [2.05, 4.69) is 39.9 Å². The topological polar surface area (TPSA) is 50.9 Å². The maximum Gasteiger partial charge on any atom is 0.0897 e. The molecule has 3 N–H and O–H groups in total. The maximum atomic E-state index is 6.11. The number of rotatable bonds is 7. The third kappa shape index (κ3) is 5.11. The summed E-state index contributed by atoms with van der Waals surface area (Å²) in [5.41, 5.74) is 8.58. The van der Waals surface area contributed by atoms with Crippen LogP contribution in [0.4, 0.5) is 0 Å². The van der Waals surface area contributed by atoms with E-state index in [1.807, 2.05) is 13.0 Å². The van der Waals surface area contributed by atoms with E-state index >= 15 is 0 Å². The standard InChI is InChI=1S/C15H21N3S/c1-12-18-15(11-19-12)7-8-17-10-14(16)9-13-5-3-2-4-6-13/h2-6,11,14,17H,7-10,16H2,1H3. The van der Waals surface area contributed by atoms with Gasteiger partial charge in [-0.1, -0.05) is 30.3 Å². The molecular formula is C15H21N3S. The van der Waals surface area contributed by atoms with Gasteiger partial charge in [0.15, 0.2) is 0 Å². The molecular weight excluding hydrogens is 254 g/mol. The Hall–Kier alpha value is -1.23. The summed E-state index contributed by atoms with van der Waals surface area (Å²) in [6, 6.07) is 10.6. The van der Waals surface area contributed by atoms with Crippen molar-refractivity contribution in [1.29, 1.82) is 0 Å². The first kappa shape index (κ1) is 14.2. The highest BCUT2D eigenvalue weighted by Gasteiger charge is 2.04. The first-order valence-corrected chi connectivity index (χ1v) is 7.53. The van der Waals surface area contributed by atoms with Crippen molar-refractivity contribution in [3.05, 3.63) is 52.0 Å². The molecule has 102 valence electrons. The van der Waals surface area contributed by atoms with Gasteiger partial charge in [0.05, 0.1) is 10.7 Å². The molecule has 1 heterocycles. The molecule has 0 aliphatic rings. The van der Waals surface area contributed by atoms with Crippen molar-refractivity contribution in [3.8, 4) is 0 Å². The van der Waals surface area contributed by atoms with Crippen molar-refractivity contribution in [2.75, 3.05) is 13.1 Å². The Bertz CT molecular complexity index is 481. The van der Waals surface area contributed by atoms with Crippen molar-refractivity contribution in [3.63, 3.8) is 0 Å². The van der Waals surface area contributed by atoms with Gasteiger partial charge < -0.3 is 11.1 Å². The highest BCUT2D eigenvalue weighted by atomic mass is 32.1. The lowest BCUT2D eigenvalue weighted by atomic mass is 10.1. The zero-order valence-electron chi connectivity index (χ0n) is 11.3. The molecule has 0 aliphatic carbocycles. The molecule has 0 amide bonds. The molecule has 0 bridgehead atoms. The highest BCUT2D eigenvalue weighted by molar-refractivity contribution is 7.09. The van der Waals surface area contributed by atoms with Crippen LogP contribution >= 0.6 is 11.3 Å². The average molecular weight is 275 g/mol. The minimum absolute atomic E-state index is 0.166. The molecule has 2 rings (SSSR count). The van der Waals surface area contributed by atoms with Crippen LogP contribution < -0.4 is 11.1 Å². The second kappa shape index (κ2) is 7.38. The number of nitrogens with zero attached hydrogens (tertiary/aromatic N) is 1. The number of thiazole rings is 1. The molecule has 0 saturated heterocycles. The van der Waals surface area contributed by atoms with Crippen LogP contribution in [0, 0.1) is 6.92 Å². The summed E-state index contributed by atoms with van der Waals surface area (Å²) in [5.74, 6) is 0. The molecule has 1 atom stereocenters. The molecule has 1 aromatic heterocycles. The summed E-state index contributed by atoms with van der Waals surface area (Å²) in [5, 5.41) is 6.66. The van der Waals surface area contributed by atoms with Gasteiger partial charge in [-0.05, 0) is 18.9 Å². The number of hydrogen-bond acceptors (Lipinski definition) is 4. The van der Waals surface area contributed by atoms with Crippen molar-refractivity contribution in [2.24, 2.45) is 5.73 Å². The van der Waals surface area contributed by atoms with E-state index in [9.17, 15) is 0 Å². The lowest BCUT2D eigenvalue weighted by Crippen LogP contribution is -2.36. The summed E-state index contributed by atoms with van der Waals surface area (Å²) < 4.78 is 0. The quantitative estimate of drug-likeness (QED) is 0.761. The highest BCUT2D eigenvalue weighted by Crippen LogP contribution is 2.07. The summed E-state index contributed by atoms with van der Waals surface area (Å²) in [7, 11) is 0. The van der Waals surface area contributed by atoms with Crippen LogP contribution in [0.3, 0.4) is 0 Å². The van der Waals surface area contributed by atoms with Crippen molar-refractivity contribution in [1.82, 2.24) is 10.3 Å². The van der Waals surface area contributed by atoms with Gasteiger partial charge in [-0.3, -0.25) is 0 Å². The number of aryl methyl sites for hydroxylation is 1. The van der Waals surface area contributed by atoms with Crippen LogP contribution in [0.25, 0.3) is 0 Å². The van der Waals surface area contributed by atoms with Gasteiger partial charge in [0.1, 0.15) is 0 Å². The zero-order valence-corrected chi connectivity index (χ0v) is 12.1. The van der Waals surface area contributed by atoms with E-state index in [4.69, 9.17) is 5.73 Å². The molecule has 19 heavy (non-hydrogen) atoms. The van der Waals surface area contributed by atoms with Crippen LogP contribution in [0.2, 0.25) is 0 Å². The second-order valence-electron chi connectivity index (χ2n) is 4.76. The first-order chi connectivity index (χ1) is 9.24. The molecule has 4 heteroatoms. The van der Waals surface area contributed by atoms with Crippen LogP contribution in [0.5, 0.6) is 0 Å². The summed E-state index contributed by atoms with van der Waals surface area (Å²) >= 11 is 1.71. The zero-order chi connectivity index (χ0) is 13.5. The fourth-order valence-corrected chi connectivity index (χ4v) is 2.66. The molecule has 3 nitrogen and oxygen atoms in total. The molecule has 1 unspecified atom stereocenters. The molecule has 0 fully saturated rings. The summed E-state index contributed by atoms with van der Waals surface area (Å²) in [6.45, 7) is 3.82. The minimum atomic E-state index is 0.166. The Morgan fingerprint density at radius 1 is 1.32 bits per heavy atom. The second-order valence-corrected chi connectivity index (χ2v) is 5.82. The number of benzene rings is 1. The van der Waals surface area contributed by atoms with Crippen LogP contribution in [-0.2, 0) is 12.8 Å². The summed E-state index contributed by atoms with van der Waals surface area (Å²) in [4.78, 5) is 4.44. The molecule has 0 aliphatic heterocycles. The van der Waals surface area contributed by atoms with Crippen LogP contribution in [-0.4, -0.2) is 24.1 Å². The van der Waals surface area contributed by atoms with Gasteiger partial charge in [-0.15, -0.1) is 11.3 Å². The van der Waals surface area contributed by atoms with E-state index < -0.39 is 0 Å². The van der Waals surface area contributed by atoms with Gasteiger partial charge in [0, 0.05) is 30.9 Å². The normalized spacial score (nSPS) is 12.5. The largest absolute Gasteiger partial charge is 0.326 e. The van der Waals surface area contributed by atoms with E-state index in [0.717, 1.165) is 30.9 Å². The van der Waals surface area contributed by atoms with Crippen LogP contribution in [0.1, 0.15) is 16.3 Å². The Labute approximate surface area is 118 Å². The Morgan fingerprint density at radius 2 is 2.11 bits per heavy atom. The molecule has 0 radical (unpaired) electrons. The van der Waals surface area contributed by atoms with E-state index in [1.54, 1.807) is 11.3 Å². The van der Waals surface area contributed by atoms with Crippen molar-refractivity contribution < 1.29 is 0 Å². The number of hydrogen-bond donors (Lipinski definition) is 2.